The molecule has 5 amide bonds. The monoisotopic (exact) mass is 695 g/mol. The third-order valence-electron chi connectivity index (χ3n) is 9.16. The summed E-state index contributed by atoms with van der Waals surface area (Å²) < 4.78 is 12.6. The van der Waals surface area contributed by atoms with Gasteiger partial charge in [0.1, 0.15) is 12.1 Å². The standard InChI is InChI=1S/C34H45N7O9/c1-3-49-34(48)39-20-18-38(19-21-39)32(46)25(13-14-29(42)43)35-30(44)26-22-28(41(36-26)24-10-5-4-6-11-24)50-23(2)31(45)40-17-9-12-27(40)33(47)37-15-7-8-16-37/h4-6,10-11,22-23,25,27H,3,7-9,12-21H2,1-2H3,(H,35,44)(H,42,43)/t23-,25-,27-/m0/s1. The first kappa shape index (κ1) is 36.1. The molecule has 0 saturated carbocycles. The van der Waals surface area contributed by atoms with Gasteiger partial charge in [0, 0.05) is 58.3 Å². The number of aliphatic carboxylic acids is 1. The Kier molecular flexibility index (Phi) is 11.9. The molecule has 16 heteroatoms. The molecule has 1 aromatic heterocycles. The Bertz CT molecular complexity index is 1550. The first-order valence-electron chi connectivity index (χ1n) is 17.2. The Hall–Kier alpha value is -5.15. The van der Waals surface area contributed by atoms with Crippen LogP contribution in [0.15, 0.2) is 36.4 Å². The number of aromatic nitrogens is 2. The summed E-state index contributed by atoms with van der Waals surface area (Å²) in [5.41, 5.74) is 0.425. The summed E-state index contributed by atoms with van der Waals surface area (Å²) in [4.78, 5) is 83.9. The first-order valence-corrected chi connectivity index (χ1v) is 17.2. The normalized spacial score (nSPS) is 18.8. The van der Waals surface area contributed by atoms with Crippen LogP contribution in [0.3, 0.4) is 0 Å². The van der Waals surface area contributed by atoms with Crippen LogP contribution in [0.2, 0.25) is 0 Å². The van der Waals surface area contributed by atoms with Crippen LogP contribution in [0.4, 0.5) is 4.79 Å². The molecule has 16 nitrogen and oxygen atoms in total. The molecule has 50 heavy (non-hydrogen) atoms. The van der Waals surface area contributed by atoms with Gasteiger partial charge in [-0.25, -0.2) is 9.48 Å². The maximum absolute atomic E-state index is 13.7. The van der Waals surface area contributed by atoms with E-state index < -0.39 is 42.1 Å². The number of hydrogen-bond donors (Lipinski definition) is 2. The summed E-state index contributed by atoms with van der Waals surface area (Å²) in [6.07, 6.45) is 1.16. The minimum Gasteiger partial charge on any atom is -0.481 e. The summed E-state index contributed by atoms with van der Waals surface area (Å²) in [6, 6.07) is 8.48. The molecule has 0 aliphatic carbocycles. The number of carboxylic acid groups (broad SMARTS) is 1. The van der Waals surface area contributed by atoms with E-state index in [-0.39, 0.29) is 69.0 Å². The zero-order valence-electron chi connectivity index (χ0n) is 28.5. The fourth-order valence-corrected chi connectivity index (χ4v) is 6.52. The van der Waals surface area contributed by atoms with Gasteiger partial charge >= 0.3 is 12.1 Å². The number of carbonyl (C=O) groups is 6. The maximum Gasteiger partial charge on any atom is 0.409 e. The lowest BCUT2D eigenvalue weighted by atomic mass is 10.1. The third-order valence-corrected chi connectivity index (χ3v) is 9.16. The largest absolute Gasteiger partial charge is 0.481 e. The fraction of sp³-hybridized carbons (Fsp3) is 0.559. The number of likely N-dealkylation sites (tertiary alicyclic amines) is 2. The molecule has 270 valence electrons. The molecule has 3 aliphatic rings. The van der Waals surface area contributed by atoms with E-state index in [0.717, 1.165) is 12.8 Å². The molecule has 3 atom stereocenters. The van der Waals surface area contributed by atoms with Crippen LogP contribution in [0.1, 0.15) is 62.9 Å². The third kappa shape index (κ3) is 8.52. The van der Waals surface area contributed by atoms with Gasteiger partial charge in [-0.15, -0.1) is 0 Å². The molecule has 4 heterocycles. The van der Waals surface area contributed by atoms with Gasteiger partial charge in [0.2, 0.25) is 17.7 Å². The second-order valence-corrected chi connectivity index (χ2v) is 12.6. The Morgan fingerprint density at radius 2 is 1.58 bits per heavy atom. The molecular formula is C34H45N7O9. The molecule has 2 aromatic rings. The van der Waals surface area contributed by atoms with E-state index in [0.29, 0.717) is 38.2 Å². The molecule has 2 N–H and O–H groups in total. The number of para-hydroxylation sites is 1. The Balaban J connectivity index is 1.31. The minimum atomic E-state index is -1.18. The highest BCUT2D eigenvalue weighted by Gasteiger charge is 2.39. The quantitative estimate of drug-likeness (QED) is 0.330. The number of nitrogens with one attached hydrogen (secondary N) is 1. The second-order valence-electron chi connectivity index (χ2n) is 12.6. The SMILES string of the molecule is CCOC(=O)N1CCN(C(=O)[C@H](CCC(=O)O)NC(=O)c2cc(O[C@@H](C)C(=O)N3CCC[C@H]3C(=O)N3CCCC3)n(-c3ccccc3)n2)CC1. The zero-order valence-corrected chi connectivity index (χ0v) is 28.5. The van der Waals surface area contributed by atoms with E-state index in [2.05, 4.69) is 10.4 Å². The number of ether oxygens (including phenoxy) is 2. The summed E-state index contributed by atoms with van der Waals surface area (Å²) in [6.45, 7) is 6.17. The van der Waals surface area contributed by atoms with Crippen molar-refractivity contribution in [2.75, 3.05) is 52.4 Å². The van der Waals surface area contributed by atoms with Gasteiger partial charge in [-0.05, 0) is 58.1 Å². The van der Waals surface area contributed by atoms with Crippen molar-refractivity contribution < 1.29 is 43.3 Å². The topological polar surface area (TPSA) is 184 Å². The molecule has 3 saturated heterocycles. The number of amides is 5. The predicted octanol–water partition coefficient (Wildman–Crippen LogP) is 1.52. The highest BCUT2D eigenvalue weighted by molar-refractivity contribution is 5.96. The van der Waals surface area contributed by atoms with Crippen molar-refractivity contribution in [3.63, 3.8) is 0 Å². The van der Waals surface area contributed by atoms with E-state index in [1.807, 2.05) is 11.0 Å². The van der Waals surface area contributed by atoms with Crippen molar-refractivity contribution in [1.82, 2.24) is 34.7 Å². The first-order chi connectivity index (χ1) is 24.1. The number of carbonyl (C=O) groups excluding carboxylic acids is 5. The molecule has 0 radical (unpaired) electrons. The summed E-state index contributed by atoms with van der Waals surface area (Å²) in [5.74, 6) is -2.66. The van der Waals surface area contributed by atoms with Crippen LogP contribution < -0.4 is 10.1 Å². The molecule has 0 spiro atoms. The van der Waals surface area contributed by atoms with Crippen LogP contribution in [0.5, 0.6) is 5.88 Å². The van der Waals surface area contributed by atoms with E-state index >= 15 is 0 Å². The summed E-state index contributed by atoms with van der Waals surface area (Å²) >= 11 is 0. The van der Waals surface area contributed by atoms with Gasteiger partial charge in [-0.2, -0.15) is 5.10 Å². The van der Waals surface area contributed by atoms with Crippen molar-refractivity contribution in [2.24, 2.45) is 0 Å². The molecule has 1 aromatic carbocycles. The number of piperazine rings is 1. The minimum absolute atomic E-state index is 0.0401. The predicted molar refractivity (Wildman–Crippen MR) is 178 cm³/mol. The Labute approximate surface area is 290 Å². The highest BCUT2D eigenvalue weighted by atomic mass is 16.6. The molecule has 0 bridgehead atoms. The lowest BCUT2D eigenvalue weighted by molar-refractivity contribution is -0.147. The van der Waals surface area contributed by atoms with Crippen molar-refractivity contribution in [1.29, 1.82) is 0 Å². The van der Waals surface area contributed by atoms with Crippen LogP contribution in [-0.4, -0.2) is 141 Å². The van der Waals surface area contributed by atoms with Gasteiger partial charge in [-0.1, -0.05) is 18.2 Å². The van der Waals surface area contributed by atoms with Crippen LogP contribution >= 0.6 is 0 Å². The number of carboxylic acids is 1. The van der Waals surface area contributed by atoms with Gasteiger partial charge in [0.25, 0.3) is 11.8 Å². The van der Waals surface area contributed by atoms with Gasteiger partial charge in [0.15, 0.2) is 11.8 Å². The molecule has 0 unspecified atom stereocenters. The maximum atomic E-state index is 13.7. The van der Waals surface area contributed by atoms with E-state index in [1.165, 1.54) is 20.5 Å². The summed E-state index contributed by atoms with van der Waals surface area (Å²) in [5, 5.41) is 16.4. The van der Waals surface area contributed by atoms with Gasteiger partial charge < -0.3 is 39.5 Å². The van der Waals surface area contributed by atoms with E-state index in [4.69, 9.17) is 9.47 Å². The number of rotatable bonds is 12. The Morgan fingerprint density at radius 1 is 0.900 bits per heavy atom. The van der Waals surface area contributed by atoms with Gasteiger partial charge in [-0.3, -0.25) is 24.0 Å². The average Bonchev–Trinajstić information content (AvgIpc) is 3.92. The van der Waals surface area contributed by atoms with E-state index in [9.17, 15) is 33.9 Å². The second kappa shape index (κ2) is 16.5. The molecule has 3 fully saturated rings. The lowest BCUT2D eigenvalue weighted by Crippen LogP contribution is -2.56. The smallest absolute Gasteiger partial charge is 0.409 e. The van der Waals surface area contributed by atoms with Crippen molar-refractivity contribution in [2.45, 2.75) is 70.6 Å². The number of benzene rings is 1. The average molecular weight is 696 g/mol. The van der Waals surface area contributed by atoms with Crippen LogP contribution in [0, 0.1) is 0 Å². The van der Waals surface area contributed by atoms with Gasteiger partial charge in [0.05, 0.1) is 12.3 Å². The number of hydrogen-bond acceptors (Lipinski definition) is 9. The number of nitrogens with zero attached hydrogens (tertiary/aromatic N) is 6. The van der Waals surface area contributed by atoms with Crippen LogP contribution in [-0.2, 0) is 23.9 Å². The lowest BCUT2D eigenvalue weighted by Gasteiger charge is -2.35. The molecular weight excluding hydrogens is 650 g/mol. The van der Waals surface area contributed by atoms with E-state index in [1.54, 1.807) is 43.0 Å². The highest BCUT2D eigenvalue weighted by Crippen LogP contribution is 2.26. The van der Waals surface area contributed by atoms with Crippen molar-refractivity contribution in [3.8, 4) is 11.6 Å². The summed E-state index contributed by atoms with van der Waals surface area (Å²) in [7, 11) is 0. The molecule has 3 aliphatic heterocycles. The fourth-order valence-electron chi connectivity index (χ4n) is 6.52. The van der Waals surface area contributed by atoms with Crippen LogP contribution in [0.25, 0.3) is 5.69 Å². The van der Waals surface area contributed by atoms with Crippen molar-refractivity contribution in [3.05, 3.63) is 42.1 Å². The van der Waals surface area contributed by atoms with Crippen molar-refractivity contribution >= 4 is 35.7 Å². The molecule has 5 rings (SSSR count). The Morgan fingerprint density at radius 3 is 2.24 bits per heavy atom. The zero-order chi connectivity index (χ0) is 35.8.